The highest BCUT2D eigenvalue weighted by Crippen LogP contribution is 2.37. The number of nitrogens with one attached hydrogen (secondary N) is 2. The van der Waals surface area contributed by atoms with E-state index in [1.165, 1.54) is 5.56 Å². The molecule has 1 aromatic rings. The number of aromatic amines is 1. The molecule has 6 nitrogen and oxygen atoms in total. The van der Waals surface area contributed by atoms with Crippen LogP contribution < -0.4 is 5.32 Å². The fraction of sp³-hybridized carbons (Fsp3) is 0.750. The summed E-state index contributed by atoms with van der Waals surface area (Å²) < 4.78 is 5.84. The normalized spacial score (nSPS) is 33.6. The zero-order valence-corrected chi connectivity index (χ0v) is 13.3. The summed E-state index contributed by atoms with van der Waals surface area (Å²) in [5.41, 5.74) is 3.27. The lowest BCUT2D eigenvalue weighted by atomic mass is 9.95. The summed E-state index contributed by atoms with van der Waals surface area (Å²) in [6.07, 6.45) is 5.86. The van der Waals surface area contributed by atoms with E-state index in [-0.39, 0.29) is 24.2 Å². The van der Waals surface area contributed by atoms with Crippen LogP contribution in [0.15, 0.2) is 0 Å². The van der Waals surface area contributed by atoms with Crippen molar-refractivity contribution in [2.24, 2.45) is 0 Å². The van der Waals surface area contributed by atoms with Gasteiger partial charge in [-0.2, -0.15) is 5.10 Å². The van der Waals surface area contributed by atoms with Gasteiger partial charge in [0.1, 0.15) is 0 Å². The number of carbonyl (C=O) groups is 1. The van der Waals surface area contributed by atoms with Crippen molar-refractivity contribution in [2.75, 3.05) is 6.54 Å². The molecule has 0 aromatic carbocycles. The molecule has 3 fully saturated rings. The molecule has 0 aliphatic carbocycles. The van der Waals surface area contributed by atoms with E-state index in [0.717, 1.165) is 50.0 Å². The van der Waals surface area contributed by atoms with E-state index in [9.17, 15) is 4.79 Å². The molecule has 3 aliphatic rings. The molecule has 0 spiro atoms. The van der Waals surface area contributed by atoms with E-state index in [4.69, 9.17) is 4.74 Å². The molecular formula is C16H24N4O2. The molecule has 3 aliphatic heterocycles. The van der Waals surface area contributed by atoms with E-state index in [1.807, 2.05) is 18.7 Å². The SMILES string of the molecule is Cc1n[nH]c(C)c1[C@H]1CCCN1C(=O)N[C@H]1C[C@H]2CC[C@H]1O2. The molecule has 120 valence electrons. The van der Waals surface area contributed by atoms with Crippen molar-refractivity contribution in [3.63, 3.8) is 0 Å². The second kappa shape index (κ2) is 5.26. The average molecular weight is 304 g/mol. The fourth-order valence-electron chi connectivity index (χ4n) is 4.39. The lowest BCUT2D eigenvalue weighted by Gasteiger charge is -2.29. The maximum absolute atomic E-state index is 12.7. The molecule has 2 N–H and O–H groups in total. The van der Waals surface area contributed by atoms with E-state index in [2.05, 4.69) is 15.5 Å². The van der Waals surface area contributed by atoms with Crippen LogP contribution >= 0.6 is 0 Å². The van der Waals surface area contributed by atoms with Gasteiger partial charge in [-0.25, -0.2) is 4.79 Å². The third kappa shape index (κ3) is 2.20. The Balaban J connectivity index is 1.48. The number of H-pyrrole nitrogens is 1. The minimum atomic E-state index is 0.0589. The van der Waals surface area contributed by atoms with Crippen LogP contribution in [0.25, 0.3) is 0 Å². The Kier molecular flexibility index (Phi) is 3.36. The average Bonchev–Trinajstić information content (AvgIpc) is 3.23. The molecular weight excluding hydrogens is 280 g/mol. The highest BCUT2D eigenvalue weighted by molar-refractivity contribution is 5.75. The Morgan fingerprint density at radius 1 is 1.36 bits per heavy atom. The molecule has 0 saturated carbocycles. The van der Waals surface area contributed by atoms with E-state index < -0.39 is 0 Å². The van der Waals surface area contributed by atoms with Crippen LogP contribution in [0.5, 0.6) is 0 Å². The maximum atomic E-state index is 12.7. The Bertz CT molecular complexity index is 565. The number of hydrogen-bond donors (Lipinski definition) is 2. The standard InChI is InChI=1S/C16H24N4O2/c1-9-15(10(2)19-18-9)13-4-3-7-20(13)16(21)17-12-8-11-5-6-14(12)22-11/h11-14H,3-8H2,1-2H3,(H,17,21)(H,18,19)/t11-,12+,13-,14-/m1/s1. The first-order chi connectivity index (χ1) is 10.6. The lowest BCUT2D eigenvalue weighted by molar-refractivity contribution is 0.0968. The number of aromatic nitrogens is 2. The Hall–Kier alpha value is -1.56. The largest absolute Gasteiger partial charge is 0.373 e. The smallest absolute Gasteiger partial charge is 0.318 e. The number of urea groups is 1. The number of likely N-dealkylation sites (tertiary alicyclic amines) is 1. The van der Waals surface area contributed by atoms with Crippen molar-refractivity contribution in [3.8, 4) is 0 Å². The van der Waals surface area contributed by atoms with Crippen molar-refractivity contribution in [2.45, 2.75) is 70.2 Å². The van der Waals surface area contributed by atoms with Gasteiger partial charge in [0.05, 0.1) is 30.0 Å². The number of amides is 2. The van der Waals surface area contributed by atoms with Gasteiger partial charge in [0.2, 0.25) is 0 Å². The molecule has 2 bridgehead atoms. The van der Waals surface area contributed by atoms with Gasteiger partial charge < -0.3 is 15.0 Å². The van der Waals surface area contributed by atoms with Gasteiger partial charge in [-0.15, -0.1) is 0 Å². The molecule has 4 heterocycles. The highest BCUT2D eigenvalue weighted by Gasteiger charge is 2.43. The number of fused-ring (bicyclic) bond motifs is 2. The molecule has 4 rings (SSSR count). The van der Waals surface area contributed by atoms with Gasteiger partial charge in [0.25, 0.3) is 0 Å². The third-order valence-corrected chi connectivity index (χ3v) is 5.45. The predicted molar refractivity (Wildman–Crippen MR) is 81.6 cm³/mol. The maximum Gasteiger partial charge on any atom is 0.318 e. The second-order valence-electron chi connectivity index (χ2n) is 6.86. The quantitative estimate of drug-likeness (QED) is 0.880. The molecule has 0 radical (unpaired) electrons. The van der Waals surface area contributed by atoms with Crippen molar-refractivity contribution in [3.05, 3.63) is 17.0 Å². The Labute approximate surface area is 130 Å². The van der Waals surface area contributed by atoms with Crippen LogP contribution in [0.3, 0.4) is 0 Å². The molecule has 2 amide bonds. The van der Waals surface area contributed by atoms with E-state index >= 15 is 0 Å². The van der Waals surface area contributed by atoms with Crippen LogP contribution in [-0.2, 0) is 4.74 Å². The number of aryl methyl sites for hydroxylation is 2. The zero-order chi connectivity index (χ0) is 15.3. The van der Waals surface area contributed by atoms with Crippen LogP contribution in [0.1, 0.15) is 55.1 Å². The van der Waals surface area contributed by atoms with Gasteiger partial charge in [-0.3, -0.25) is 5.10 Å². The number of carbonyl (C=O) groups excluding carboxylic acids is 1. The zero-order valence-electron chi connectivity index (χ0n) is 13.3. The van der Waals surface area contributed by atoms with Crippen LogP contribution in [0, 0.1) is 13.8 Å². The number of ether oxygens (including phenoxy) is 1. The van der Waals surface area contributed by atoms with E-state index in [0.29, 0.717) is 6.10 Å². The van der Waals surface area contributed by atoms with Gasteiger partial charge in [0, 0.05) is 17.8 Å². The first kappa shape index (κ1) is 14.1. The minimum Gasteiger partial charge on any atom is -0.373 e. The summed E-state index contributed by atoms with van der Waals surface area (Å²) in [5, 5.41) is 10.5. The number of hydrogen-bond acceptors (Lipinski definition) is 3. The summed E-state index contributed by atoms with van der Waals surface area (Å²) in [4.78, 5) is 14.7. The lowest BCUT2D eigenvalue weighted by Crippen LogP contribution is -2.48. The number of rotatable bonds is 2. The molecule has 22 heavy (non-hydrogen) atoms. The highest BCUT2D eigenvalue weighted by atomic mass is 16.5. The molecule has 3 saturated heterocycles. The number of nitrogens with zero attached hydrogens (tertiary/aromatic N) is 2. The Morgan fingerprint density at radius 2 is 2.23 bits per heavy atom. The van der Waals surface area contributed by atoms with Gasteiger partial charge in [-0.1, -0.05) is 0 Å². The summed E-state index contributed by atoms with van der Waals surface area (Å²) in [5.74, 6) is 0. The van der Waals surface area contributed by atoms with Crippen molar-refractivity contribution >= 4 is 6.03 Å². The molecule has 4 atom stereocenters. The first-order valence-electron chi connectivity index (χ1n) is 8.37. The first-order valence-corrected chi connectivity index (χ1v) is 8.37. The Morgan fingerprint density at radius 3 is 2.86 bits per heavy atom. The summed E-state index contributed by atoms with van der Waals surface area (Å²) in [7, 11) is 0. The summed E-state index contributed by atoms with van der Waals surface area (Å²) in [6.45, 7) is 4.87. The van der Waals surface area contributed by atoms with Gasteiger partial charge >= 0.3 is 6.03 Å². The predicted octanol–water partition coefficient (Wildman–Crippen LogP) is 2.19. The molecule has 1 aromatic heterocycles. The van der Waals surface area contributed by atoms with Crippen molar-refractivity contribution in [1.82, 2.24) is 20.4 Å². The monoisotopic (exact) mass is 304 g/mol. The summed E-state index contributed by atoms with van der Waals surface area (Å²) in [6, 6.07) is 0.404. The molecule has 6 heteroatoms. The third-order valence-electron chi connectivity index (χ3n) is 5.45. The van der Waals surface area contributed by atoms with Gasteiger partial charge in [0.15, 0.2) is 0 Å². The second-order valence-corrected chi connectivity index (χ2v) is 6.86. The van der Waals surface area contributed by atoms with Crippen LogP contribution in [-0.4, -0.2) is 45.9 Å². The summed E-state index contributed by atoms with van der Waals surface area (Å²) >= 11 is 0. The van der Waals surface area contributed by atoms with Crippen molar-refractivity contribution < 1.29 is 9.53 Å². The van der Waals surface area contributed by atoms with Crippen molar-refractivity contribution in [1.29, 1.82) is 0 Å². The van der Waals surface area contributed by atoms with Crippen LogP contribution in [0.2, 0.25) is 0 Å². The van der Waals surface area contributed by atoms with E-state index in [1.54, 1.807) is 0 Å². The van der Waals surface area contributed by atoms with Gasteiger partial charge in [-0.05, 0) is 46.0 Å². The fourth-order valence-corrected chi connectivity index (χ4v) is 4.39. The topological polar surface area (TPSA) is 70.2 Å². The minimum absolute atomic E-state index is 0.0589. The van der Waals surface area contributed by atoms with Crippen LogP contribution in [0.4, 0.5) is 4.79 Å². The molecule has 0 unspecified atom stereocenters.